The zero-order valence-corrected chi connectivity index (χ0v) is 12.4. The number of carbonyl (C=O) groups is 2. The van der Waals surface area contributed by atoms with Crippen molar-refractivity contribution < 1.29 is 23.1 Å². The van der Waals surface area contributed by atoms with Gasteiger partial charge >= 0.3 is 5.97 Å². The van der Waals surface area contributed by atoms with Gasteiger partial charge in [-0.15, -0.1) is 0 Å². The molecule has 2 N–H and O–H groups in total. The molecule has 0 spiro atoms. The fraction of sp³-hybridized carbons (Fsp3) is 0.429. The molecule has 1 unspecified atom stereocenters. The number of nitrogens with one attached hydrogen (secondary N) is 1. The third kappa shape index (κ3) is 3.81. The van der Waals surface area contributed by atoms with E-state index in [0.717, 1.165) is 0 Å². The van der Waals surface area contributed by atoms with Gasteiger partial charge in [-0.3, -0.25) is 4.79 Å². The summed E-state index contributed by atoms with van der Waals surface area (Å²) in [6.07, 6.45) is 0.291. The molecule has 2 rings (SSSR count). The normalized spacial score (nSPS) is 23.7. The van der Waals surface area contributed by atoms with Crippen molar-refractivity contribution in [2.45, 2.75) is 25.3 Å². The maximum atomic E-state index is 12.1. The van der Waals surface area contributed by atoms with Gasteiger partial charge in [0.15, 0.2) is 9.84 Å². The minimum Gasteiger partial charge on any atom is -0.478 e. The maximum Gasteiger partial charge on any atom is 0.335 e. The second-order valence-electron chi connectivity index (χ2n) is 5.59. The second kappa shape index (κ2) is 5.48. The molecule has 0 aromatic heterocycles. The van der Waals surface area contributed by atoms with E-state index < -0.39 is 21.3 Å². The monoisotopic (exact) mass is 311 g/mol. The highest BCUT2D eigenvalue weighted by Gasteiger charge is 2.39. The van der Waals surface area contributed by atoms with Gasteiger partial charge in [-0.05, 0) is 25.0 Å². The van der Waals surface area contributed by atoms with Crippen LogP contribution in [0.3, 0.4) is 0 Å². The van der Waals surface area contributed by atoms with E-state index in [0.29, 0.717) is 12.0 Å². The van der Waals surface area contributed by atoms with Crippen molar-refractivity contribution >= 4 is 21.7 Å². The second-order valence-corrected chi connectivity index (χ2v) is 7.77. The van der Waals surface area contributed by atoms with Gasteiger partial charge in [0.25, 0.3) is 0 Å². The Kier molecular flexibility index (Phi) is 4.04. The lowest BCUT2D eigenvalue weighted by atomic mass is 10.00. The first-order valence-corrected chi connectivity index (χ1v) is 8.36. The standard InChI is InChI=1S/C14H17NO5S/c1-14(6-7-21(19,20)9-14)15-12(16)8-10-4-2-3-5-11(10)13(17)18/h2-5H,6-9H2,1H3,(H,15,16)(H,17,18). The van der Waals surface area contributed by atoms with Crippen molar-refractivity contribution in [2.75, 3.05) is 11.5 Å². The average molecular weight is 311 g/mol. The molecule has 0 aliphatic carbocycles. The van der Waals surface area contributed by atoms with Gasteiger partial charge in [0.1, 0.15) is 0 Å². The molecule has 1 aromatic rings. The zero-order valence-electron chi connectivity index (χ0n) is 11.6. The largest absolute Gasteiger partial charge is 0.478 e. The zero-order chi connectivity index (χ0) is 15.7. The van der Waals surface area contributed by atoms with E-state index in [1.165, 1.54) is 6.07 Å². The highest BCUT2D eigenvalue weighted by Crippen LogP contribution is 2.23. The predicted molar refractivity (Wildman–Crippen MR) is 76.9 cm³/mol. The molecule has 1 aromatic carbocycles. The van der Waals surface area contributed by atoms with Crippen molar-refractivity contribution in [3.8, 4) is 0 Å². The number of aromatic carboxylic acids is 1. The number of hydrogen-bond acceptors (Lipinski definition) is 4. The number of hydrogen-bond donors (Lipinski definition) is 2. The lowest BCUT2D eigenvalue weighted by Crippen LogP contribution is -2.47. The molecule has 1 fully saturated rings. The van der Waals surface area contributed by atoms with Crippen LogP contribution in [-0.2, 0) is 21.1 Å². The van der Waals surface area contributed by atoms with Crippen molar-refractivity contribution in [1.29, 1.82) is 0 Å². The first-order chi connectivity index (χ1) is 9.71. The predicted octanol–water partition coefficient (Wildman–Crippen LogP) is 0.621. The van der Waals surface area contributed by atoms with Crippen LogP contribution in [0.2, 0.25) is 0 Å². The fourth-order valence-corrected chi connectivity index (χ4v) is 4.64. The van der Waals surface area contributed by atoms with Crippen LogP contribution in [0.4, 0.5) is 0 Å². The van der Waals surface area contributed by atoms with Gasteiger partial charge in [-0.2, -0.15) is 0 Å². The van der Waals surface area contributed by atoms with E-state index in [-0.39, 0.29) is 29.4 Å². The highest BCUT2D eigenvalue weighted by molar-refractivity contribution is 7.91. The van der Waals surface area contributed by atoms with Crippen LogP contribution in [0.1, 0.15) is 29.3 Å². The Bertz CT molecular complexity index is 682. The molecule has 1 aliphatic rings. The van der Waals surface area contributed by atoms with E-state index >= 15 is 0 Å². The molecule has 1 saturated heterocycles. The number of carboxylic acid groups (broad SMARTS) is 1. The third-order valence-electron chi connectivity index (χ3n) is 3.54. The summed E-state index contributed by atoms with van der Waals surface area (Å²) in [4.78, 5) is 23.1. The number of carbonyl (C=O) groups excluding carboxylic acids is 1. The Morgan fingerprint density at radius 1 is 1.33 bits per heavy atom. The maximum absolute atomic E-state index is 12.1. The van der Waals surface area contributed by atoms with Crippen molar-refractivity contribution in [1.82, 2.24) is 5.32 Å². The van der Waals surface area contributed by atoms with Crippen molar-refractivity contribution in [3.05, 3.63) is 35.4 Å². The minimum absolute atomic E-state index is 0.0650. The van der Waals surface area contributed by atoms with E-state index in [4.69, 9.17) is 5.11 Å². The molecule has 114 valence electrons. The molecule has 0 saturated carbocycles. The molecule has 1 amide bonds. The Morgan fingerprint density at radius 2 is 2.00 bits per heavy atom. The SMILES string of the molecule is CC1(NC(=O)Cc2ccccc2C(=O)O)CCS(=O)(=O)C1. The summed E-state index contributed by atoms with van der Waals surface area (Å²) in [6.45, 7) is 1.69. The van der Waals surface area contributed by atoms with Crippen LogP contribution in [0, 0.1) is 0 Å². The Morgan fingerprint density at radius 3 is 2.57 bits per heavy atom. The Hall–Kier alpha value is -1.89. The number of amides is 1. The average Bonchev–Trinajstić information content (AvgIpc) is 2.63. The molecule has 0 bridgehead atoms. The minimum atomic E-state index is -3.10. The molecule has 1 aliphatic heterocycles. The van der Waals surface area contributed by atoms with Gasteiger partial charge in [0.2, 0.25) is 5.91 Å². The van der Waals surface area contributed by atoms with Crippen LogP contribution in [0.5, 0.6) is 0 Å². The summed E-state index contributed by atoms with van der Waals surface area (Å²) < 4.78 is 23.0. The molecule has 7 heteroatoms. The first kappa shape index (κ1) is 15.5. The van der Waals surface area contributed by atoms with Crippen LogP contribution in [-0.4, -0.2) is 42.4 Å². The van der Waals surface area contributed by atoms with E-state index in [2.05, 4.69) is 5.32 Å². The van der Waals surface area contributed by atoms with Gasteiger partial charge < -0.3 is 10.4 Å². The quantitative estimate of drug-likeness (QED) is 0.849. The molecule has 1 heterocycles. The molecule has 6 nitrogen and oxygen atoms in total. The lowest BCUT2D eigenvalue weighted by molar-refractivity contribution is -0.121. The summed E-state index contributed by atoms with van der Waals surface area (Å²) in [5.41, 5.74) is -0.280. The smallest absolute Gasteiger partial charge is 0.335 e. The number of rotatable bonds is 4. The molecular formula is C14H17NO5S. The van der Waals surface area contributed by atoms with Crippen molar-refractivity contribution in [2.24, 2.45) is 0 Å². The summed E-state index contributed by atoms with van der Waals surface area (Å²) in [7, 11) is -3.10. The molecular weight excluding hydrogens is 294 g/mol. The molecule has 0 radical (unpaired) electrons. The van der Waals surface area contributed by atoms with Gasteiger partial charge in [-0.1, -0.05) is 18.2 Å². The topological polar surface area (TPSA) is 101 Å². The number of sulfone groups is 1. The summed E-state index contributed by atoms with van der Waals surface area (Å²) in [5, 5.41) is 11.8. The van der Waals surface area contributed by atoms with Gasteiger partial charge in [-0.25, -0.2) is 13.2 Å². The summed E-state index contributed by atoms with van der Waals surface area (Å²) >= 11 is 0. The van der Waals surface area contributed by atoms with E-state index in [9.17, 15) is 18.0 Å². The number of carboxylic acids is 1. The summed E-state index contributed by atoms with van der Waals surface area (Å²) in [5.74, 6) is -1.47. The number of benzene rings is 1. The molecule has 21 heavy (non-hydrogen) atoms. The van der Waals surface area contributed by atoms with Gasteiger partial charge in [0.05, 0.1) is 29.0 Å². The van der Waals surface area contributed by atoms with Gasteiger partial charge in [0, 0.05) is 0 Å². The lowest BCUT2D eigenvalue weighted by Gasteiger charge is -2.24. The first-order valence-electron chi connectivity index (χ1n) is 6.53. The Labute approximate surface area is 123 Å². The summed E-state index contributed by atoms with van der Waals surface area (Å²) in [6, 6.07) is 6.27. The Balaban J connectivity index is 2.08. The van der Waals surface area contributed by atoms with Crippen LogP contribution in [0.25, 0.3) is 0 Å². The van der Waals surface area contributed by atoms with E-state index in [1.807, 2.05) is 0 Å². The van der Waals surface area contributed by atoms with E-state index in [1.54, 1.807) is 25.1 Å². The van der Waals surface area contributed by atoms with Crippen molar-refractivity contribution in [3.63, 3.8) is 0 Å². The fourth-order valence-electron chi connectivity index (χ4n) is 2.55. The molecule has 1 atom stereocenters. The van der Waals surface area contributed by atoms with Crippen LogP contribution >= 0.6 is 0 Å². The highest BCUT2D eigenvalue weighted by atomic mass is 32.2. The van der Waals surface area contributed by atoms with Crippen LogP contribution < -0.4 is 5.32 Å². The third-order valence-corrected chi connectivity index (χ3v) is 5.45. The van der Waals surface area contributed by atoms with Crippen LogP contribution in [0.15, 0.2) is 24.3 Å².